The summed E-state index contributed by atoms with van der Waals surface area (Å²) in [6.07, 6.45) is 3.57. The molecule has 0 radical (unpaired) electrons. The quantitative estimate of drug-likeness (QED) is 0.800. The summed E-state index contributed by atoms with van der Waals surface area (Å²) in [5.41, 5.74) is 0.919. The van der Waals surface area contributed by atoms with E-state index in [2.05, 4.69) is 29.1 Å². The molecule has 1 N–H and O–H groups in total. The lowest BCUT2D eigenvalue weighted by Crippen LogP contribution is -2.19. The molecule has 4 heteroatoms. The van der Waals surface area contributed by atoms with Gasteiger partial charge in [-0.15, -0.1) is 0 Å². The van der Waals surface area contributed by atoms with E-state index < -0.39 is 0 Å². The summed E-state index contributed by atoms with van der Waals surface area (Å²) in [5.74, 6) is 1.07. The highest BCUT2D eigenvalue weighted by Gasteiger charge is 2.09. The molecule has 0 aliphatic carbocycles. The zero-order valence-corrected chi connectivity index (χ0v) is 9.82. The molecule has 1 atom stereocenters. The third kappa shape index (κ3) is 3.83. The van der Waals surface area contributed by atoms with Crippen molar-refractivity contribution in [3.05, 3.63) is 18.1 Å². The average Bonchev–Trinajstić information content (AvgIpc) is 2.21. The number of aromatic nitrogens is 2. The molecule has 0 fully saturated rings. The first-order chi connectivity index (χ1) is 7.13. The second-order valence-corrected chi connectivity index (χ2v) is 3.94. The molecule has 0 aliphatic heterocycles. The Morgan fingerprint density at radius 2 is 2.00 bits per heavy atom. The van der Waals surface area contributed by atoms with E-state index in [1.807, 2.05) is 14.0 Å². The Hall–Kier alpha value is -1.16. The number of ether oxygens (including phenoxy) is 1. The first kappa shape index (κ1) is 11.9. The predicted molar refractivity (Wildman–Crippen MR) is 59.7 cm³/mol. The van der Waals surface area contributed by atoms with Crippen LogP contribution in [0.15, 0.2) is 12.4 Å². The highest BCUT2D eigenvalue weighted by Crippen LogP contribution is 2.11. The smallest absolute Gasteiger partial charge is 0.232 e. The fourth-order valence-corrected chi connectivity index (χ4v) is 1.00. The SMILES string of the molecule is CNCc1cnc(OC(C)C(C)C)cn1. The monoisotopic (exact) mass is 209 g/mol. The van der Waals surface area contributed by atoms with Crippen molar-refractivity contribution in [2.45, 2.75) is 33.4 Å². The molecule has 0 saturated heterocycles. The number of rotatable bonds is 5. The summed E-state index contributed by atoms with van der Waals surface area (Å²) >= 11 is 0. The van der Waals surface area contributed by atoms with Crippen molar-refractivity contribution in [1.82, 2.24) is 15.3 Å². The van der Waals surface area contributed by atoms with Gasteiger partial charge in [-0.05, 0) is 19.9 Å². The Morgan fingerprint density at radius 1 is 1.27 bits per heavy atom. The molecule has 0 amide bonds. The normalized spacial score (nSPS) is 12.9. The molecule has 0 spiro atoms. The third-order valence-corrected chi connectivity index (χ3v) is 2.28. The molecule has 1 aromatic heterocycles. The van der Waals surface area contributed by atoms with Crippen molar-refractivity contribution in [3.63, 3.8) is 0 Å². The van der Waals surface area contributed by atoms with Crippen LogP contribution in [0.2, 0.25) is 0 Å². The maximum Gasteiger partial charge on any atom is 0.232 e. The van der Waals surface area contributed by atoms with Gasteiger partial charge in [0.25, 0.3) is 0 Å². The van der Waals surface area contributed by atoms with Crippen molar-refractivity contribution in [2.75, 3.05) is 7.05 Å². The summed E-state index contributed by atoms with van der Waals surface area (Å²) in [6, 6.07) is 0. The molecule has 0 aromatic carbocycles. The van der Waals surface area contributed by atoms with Gasteiger partial charge < -0.3 is 10.1 Å². The molecule has 0 aliphatic rings. The van der Waals surface area contributed by atoms with Crippen molar-refractivity contribution in [2.24, 2.45) is 5.92 Å². The van der Waals surface area contributed by atoms with Crippen LogP contribution in [0.25, 0.3) is 0 Å². The highest BCUT2D eigenvalue weighted by atomic mass is 16.5. The molecule has 15 heavy (non-hydrogen) atoms. The van der Waals surface area contributed by atoms with Gasteiger partial charge >= 0.3 is 0 Å². The van der Waals surface area contributed by atoms with E-state index in [4.69, 9.17) is 4.74 Å². The molecule has 0 bridgehead atoms. The van der Waals surface area contributed by atoms with E-state index in [0.29, 0.717) is 11.8 Å². The predicted octanol–water partition coefficient (Wildman–Crippen LogP) is 1.62. The minimum absolute atomic E-state index is 0.162. The van der Waals surface area contributed by atoms with Crippen molar-refractivity contribution in [3.8, 4) is 5.88 Å². The maximum absolute atomic E-state index is 5.61. The van der Waals surface area contributed by atoms with Gasteiger partial charge in [-0.25, -0.2) is 4.98 Å². The van der Waals surface area contributed by atoms with E-state index >= 15 is 0 Å². The maximum atomic E-state index is 5.61. The number of nitrogens with zero attached hydrogens (tertiary/aromatic N) is 2. The standard InChI is InChI=1S/C11H19N3O/c1-8(2)9(3)15-11-7-13-10(5-12-4)6-14-11/h6-9,12H,5H2,1-4H3. The largest absolute Gasteiger partial charge is 0.473 e. The van der Waals surface area contributed by atoms with Crippen LogP contribution in [0.1, 0.15) is 26.5 Å². The van der Waals surface area contributed by atoms with E-state index in [0.717, 1.165) is 12.2 Å². The van der Waals surface area contributed by atoms with Crippen molar-refractivity contribution in [1.29, 1.82) is 0 Å². The molecule has 1 unspecified atom stereocenters. The molecule has 84 valence electrons. The summed E-state index contributed by atoms with van der Waals surface area (Å²) in [7, 11) is 1.88. The number of hydrogen-bond acceptors (Lipinski definition) is 4. The Morgan fingerprint density at radius 3 is 2.47 bits per heavy atom. The molecule has 0 saturated carbocycles. The van der Waals surface area contributed by atoms with Gasteiger partial charge in [0.05, 0.1) is 24.2 Å². The lowest BCUT2D eigenvalue weighted by atomic mass is 10.1. The van der Waals surface area contributed by atoms with Crippen LogP contribution in [0.4, 0.5) is 0 Å². The van der Waals surface area contributed by atoms with Crippen LogP contribution in [-0.4, -0.2) is 23.1 Å². The second kappa shape index (κ2) is 5.66. The lowest BCUT2D eigenvalue weighted by molar-refractivity contribution is 0.162. The first-order valence-electron chi connectivity index (χ1n) is 5.25. The van der Waals surface area contributed by atoms with Gasteiger partial charge in [-0.1, -0.05) is 13.8 Å². The van der Waals surface area contributed by atoms with E-state index in [9.17, 15) is 0 Å². The molecular weight excluding hydrogens is 190 g/mol. The van der Waals surface area contributed by atoms with Gasteiger partial charge in [0.2, 0.25) is 5.88 Å². The minimum atomic E-state index is 0.162. The molecule has 1 aromatic rings. The van der Waals surface area contributed by atoms with Gasteiger partial charge in [0.15, 0.2) is 0 Å². The molecule has 4 nitrogen and oxygen atoms in total. The van der Waals surface area contributed by atoms with Crippen LogP contribution in [0.5, 0.6) is 5.88 Å². The van der Waals surface area contributed by atoms with Crippen LogP contribution >= 0.6 is 0 Å². The molecule has 1 heterocycles. The zero-order chi connectivity index (χ0) is 11.3. The number of hydrogen-bond donors (Lipinski definition) is 1. The Balaban J connectivity index is 2.56. The lowest BCUT2D eigenvalue weighted by Gasteiger charge is -2.16. The van der Waals surface area contributed by atoms with Gasteiger partial charge in [-0.2, -0.15) is 0 Å². The van der Waals surface area contributed by atoms with Crippen LogP contribution in [0, 0.1) is 5.92 Å². The van der Waals surface area contributed by atoms with Crippen molar-refractivity contribution >= 4 is 0 Å². The van der Waals surface area contributed by atoms with Crippen molar-refractivity contribution < 1.29 is 4.74 Å². The Labute approximate surface area is 91.1 Å². The second-order valence-electron chi connectivity index (χ2n) is 3.94. The van der Waals surface area contributed by atoms with Crippen LogP contribution < -0.4 is 10.1 Å². The Kier molecular flexibility index (Phi) is 4.49. The molecular formula is C11H19N3O. The Bertz CT molecular complexity index is 284. The first-order valence-corrected chi connectivity index (χ1v) is 5.25. The molecule has 1 rings (SSSR count). The average molecular weight is 209 g/mol. The number of nitrogens with one attached hydrogen (secondary N) is 1. The van der Waals surface area contributed by atoms with E-state index in [1.165, 1.54) is 0 Å². The summed E-state index contributed by atoms with van der Waals surface area (Å²) in [4.78, 5) is 8.43. The summed E-state index contributed by atoms with van der Waals surface area (Å²) in [5, 5.41) is 3.02. The van der Waals surface area contributed by atoms with Gasteiger partial charge in [0.1, 0.15) is 0 Å². The van der Waals surface area contributed by atoms with Gasteiger partial charge in [0, 0.05) is 6.54 Å². The van der Waals surface area contributed by atoms with Crippen LogP contribution in [-0.2, 0) is 6.54 Å². The minimum Gasteiger partial charge on any atom is -0.473 e. The fraction of sp³-hybridized carbons (Fsp3) is 0.636. The fourth-order valence-electron chi connectivity index (χ4n) is 1.00. The summed E-state index contributed by atoms with van der Waals surface area (Å²) < 4.78 is 5.61. The van der Waals surface area contributed by atoms with Crippen LogP contribution in [0.3, 0.4) is 0 Å². The van der Waals surface area contributed by atoms with Gasteiger partial charge in [-0.3, -0.25) is 4.98 Å². The summed E-state index contributed by atoms with van der Waals surface area (Å²) in [6.45, 7) is 7.00. The topological polar surface area (TPSA) is 47.0 Å². The highest BCUT2D eigenvalue weighted by molar-refractivity contribution is 5.07. The van der Waals surface area contributed by atoms with E-state index in [-0.39, 0.29) is 6.10 Å². The zero-order valence-electron chi connectivity index (χ0n) is 9.82. The van der Waals surface area contributed by atoms with E-state index in [1.54, 1.807) is 12.4 Å². The third-order valence-electron chi connectivity index (χ3n) is 2.28.